The molecule has 3 N–H and O–H groups in total. The third-order valence-corrected chi connectivity index (χ3v) is 4.23. The van der Waals surface area contributed by atoms with Crippen LogP contribution in [0.5, 0.6) is 0 Å². The fraction of sp³-hybridized carbons (Fsp3) is 0.933. The van der Waals surface area contributed by atoms with Gasteiger partial charge in [0.1, 0.15) is 0 Å². The molecule has 0 aromatic rings. The molecule has 0 aromatic carbocycles. The van der Waals surface area contributed by atoms with Crippen LogP contribution in [0, 0.1) is 0 Å². The van der Waals surface area contributed by atoms with Crippen LogP contribution >= 0.6 is 0 Å². The van der Waals surface area contributed by atoms with Crippen LogP contribution in [0.4, 0.5) is 0 Å². The number of nitrogens with two attached hydrogens (primary N) is 1. The van der Waals surface area contributed by atoms with Crippen molar-refractivity contribution in [3.63, 3.8) is 0 Å². The Bertz CT molecular complexity index is 288. The number of nitrogens with zero attached hydrogens (tertiary/aromatic N) is 2. The molecule has 0 spiro atoms. The predicted molar refractivity (Wildman–Crippen MR) is 83.6 cm³/mol. The smallest absolute Gasteiger partial charge is 0.234 e. The number of piperazine rings is 1. The number of nitrogens with one attached hydrogen (secondary N) is 1. The summed E-state index contributed by atoms with van der Waals surface area (Å²) in [5.41, 5.74) is 5.45. The van der Waals surface area contributed by atoms with Crippen LogP contribution < -0.4 is 11.1 Å². The molecular weight excluding hydrogens is 252 g/mol. The molecule has 1 saturated heterocycles. The van der Waals surface area contributed by atoms with Crippen molar-refractivity contribution in [2.24, 2.45) is 5.73 Å². The van der Waals surface area contributed by atoms with Crippen molar-refractivity contribution in [2.75, 3.05) is 32.7 Å². The average molecular weight is 284 g/mol. The van der Waals surface area contributed by atoms with Gasteiger partial charge in [0.2, 0.25) is 5.91 Å². The van der Waals surface area contributed by atoms with Crippen LogP contribution in [0.15, 0.2) is 0 Å². The van der Waals surface area contributed by atoms with E-state index in [0.29, 0.717) is 6.04 Å². The lowest BCUT2D eigenvalue weighted by Gasteiger charge is -2.38. The predicted octanol–water partition coefficient (Wildman–Crippen LogP) is 0.645. The minimum atomic E-state index is -0.239. The quantitative estimate of drug-likeness (QED) is 0.687. The Morgan fingerprint density at radius 1 is 1.20 bits per heavy atom. The van der Waals surface area contributed by atoms with E-state index in [4.69, 9.17) is 5.73 Å². The third kappa shape index (κ3) is 5.77. The van der Waals surface area contributed by atoms with Crippen LogP contribution in [-0.2, 0) is 4.79 Å². The van der Waals surface area contributed by atoms with Gasteiger partial charge in [-0.1, -0.05) is 20.8 Å². The Morgan fingerprint density at radius 2 is 1.80 bits per heavy atom. The van der Waals surface area contributed by atoms with Gasteiger partial charge < -0.3 is 16.0 Å². The van der Waals surface area contributed by atoms with E-state index in [0.717, 1.165) is 39.1 Å². The lowest BCUT2D eigenvalue weighted by molar-refractivity contribution is -0.120. The van der Waals surface area contributed by atoms with E-state index in [9.17, 15) is 4.79 Å². The fourth-order valence-corrected chi connectivity index (χ4v) is 2.71. The summed E-state index contributed by atoms with van der Waals surface area (Å²) >= 11 is 0. The molecule has 0 bridgehead atoms. The molecular formula is C15H32N4O. The van der Waals surface area contributed by atoms with E-state index in [-0.39, 0.29) is 18.0 Å². The second-order valence-corrected chi connectivity index (χ2v) is 6.20. The first-order chi connectivity index (χ1) is 9.43. The zero-order chi connectivity index (χ0) is 15.1. The summed E-state index contributed by atoms with van der Waals surface area (Å²) in [5, 5.41) is 3.24. The first-order valence-corrected chi connectivity index (χ1v) is 7.95. The maximum Gasteiger partial charge on any atom is 0.234 e. The molecule has 5 nitrogen and oxygen atoms in total. The molecule has 0 saturated carbocycles. The van der Waals surface area contributed by atoms with Gasteiger partial charge in [-0.25, -0.2) is 0 Å². The highest BCUT2D eigenvalue weighted by Crippen LogP contribution is 2.09. The number of carbonyl (C=O) groups is 1. The van der Waals surface area contributed by atoms with Crippen molar-refractivity contribution >= 4 is 5.91 Å². The molecule has 1 aliphatic heterocycles. The Morgan fingerprint density at radius 3 is 2.25 bits per heavy atom. The first-order valence-electron chi connectivity index (χ1n) is 7.95. The largest absolute Gasteiger partial charge is 0.368 e. The zero-order valence-corrected chi connectivity index (χ0v) is 13.6. The molecule has 0 radical (unpaired) electrons. The average Bonchev–Trinajstić information content (AvgIpc) is 2.42. The van der Waals surface area contributed by atoms with Gasteiger partial charge >= 0.3 is 0 Å². The molecule has 1 fully saturated rings. The maximum absolute atomic E-state index is 11.4. The number of carbonyl (C=O) groups excluding carboxylic acids is 1. The highest BCUT2D eigenvalue weighted by molar-refractivity contribution is 5.79. The van der Waals surface area contributed by atoms with Gasteiger partial charge in [-0.3, -0.25) is 9.69 Å². The van der Waals surface area contributed by atoms with Crippen molar-refractivity contribution in [3.8, 4) is 0 Å². The Hall–Kier alpha value is -0.650. The maximum atomic E-state index is 11.4. The topological polar surface area (TPSA) is 61.6 Å². The monoisotopic (exact) mass is 284 g/mol. The van der Waals surface area contributed by atoms with Gasteiger partial charge in [-0.15, -0.1) is 0 Å². The lowest BCUT2D eigenvalue weighted by Crippen LogP contribution is -2.51. The lowest BCUT2D eigenvalue weighted by atomic mass is 10.1. The van der Waals surface area contributed by atoms with Gasteiger partial charge in [0, 0.05) is 44.8 Å². The van der Waals surface area contributed by atoms with Crippen LogP contribution in [0.3, 0.4) is 0 Å². The molecule has 0 aliphatic carbocycles. The molecule has 2 atom stereocenters. The number of hydrogen-bond donors (Lipinski definition) is 2. The normalized spacial score (nSPS) is 21.1. The van der Waals surface area contributed by atoms with Crippen molar-refractivity contribution in [1.29, 1.82) is 0 Å². The van der Waals surface area contributed by atoms with Gasteiger partial charge in [0.25, 0.3) is 0 Å². The van der Waals surface area contributed by atoms with Crippen molar-refractivity contribution in [2.45, 2.75) is 58.7 Å². The zero-order valence-electron chi connectivity index (χ0n) is 13.6. The molecule has 118 valence electrons. The van der Waals surface area contributed by atoms with Crippen LogP contribution in [0.25, 0.3) is 0 Å². The van der Waals surface area contributed by atoms with Gasteiger partial charge in [-0.05, 0) is 19.8 Å². The summed E-state index contributed by atoms with van der Waals surface area (Å²) in [5.74, 6) is -0.239. The molecule has 20 heavy (non-hydrogen) atoms. The van der Waals surface area contributed by atoms with E-state index in [1.165, 1.54) is 6.42 Å². The minimum Gasteiger partial charge on any atom is -0.368 e. The molecule has 1 aliphatic rings. The van der Waals surface area contributed by atoms with Crippen molar-refractivity contribution in [1.82, 2.24) is 15.1 Å². The molecule has 5 heteroatoms. The van der Waals surface area contributed by atoms with Gasteiger partial charge in [-0.2, -0.15) is 0 Å². The van der Waals surface area contributed by atoms with Crippen LogP contribution in [0.1, 0.15) is 40.5 Å². The van der Waals surface area contributed by atoms with Gasteiger partial charge in [0.15, 0.2) is 0 Å². The summed E-state index contributed by atoms with van der Waals surface area (Å²) < 4.78 is 0. The standard InChI is InChI=1S/C15H32N4O/c1-5-13(4)19-10-8-18(9-11-19)7-6-14(15(16)20)17-12(2)3/h12-14,17H,5-11H2,1-4H3,(H2,16,20). The first kappa shape index (κ1) is 17.4. The Labute approximate surface area is 123 Å². The Balaban J connectivity index is 2.30. The second kappa shape index (κ2) is 8.60. The SMILES string of the molecule is CCC(C)N1CCN(CCC(NC(C)C)C(N)=O)CC1. The minimum absolute atomic E-state index is 0.206. The molecule has 1 amide bonds. The number of hydrogen-bond acceptors (Lipinski definition) is 4. The van der Waals surface area contributed by atoms with E-state index in [2.05, 4.69) is 29.0 Å². The number of amides is 1. The fourth-order valence-electron chi connectivity index (χ4n) is 2.71. The molecule has 1 rings (SSSR count). The molecule has 0 aromatic heterocycles. The number of primary amides is 1. The second-order valence-electron chi connectivity index (χ2n) is 6.20. The summed E-state index contributed by atoms with van der Waals surface area (Å²) in [6.07, 6.45) is 2.01. The summed E-state index contributed by atoms with van der Waals surface area (Å²) in [6, 6.07) is 0.760. The molecule has 2 unspecified atom stereocenters. The van der Waals surface area contributed by atoms with E-state index in [1.54, 1.807) is 0 Å². The summed E-state index contributed by atoms with van der Waals surface area (Å²) in [7, 11) is 0. The van der Waals surface area contributed by atoms with Crippen molar-refractivity contribution < 1.29 is 4.79 Å². The van der Waals surface area contributed by atoms with E-state index < -0.39 is 0 Å². The third-order valence-electron chi connectivity index (χ3n) is 4.23. The van der Waals surface area contributed by atoms with E-state index >= 15 is 0 Å². The van der Waals surface area contributed by atoms with Crippen LogP contribution in [-0.4, -0.2) is 66.6 Å². The summed E-state index contributed by atoms with van der Waals surface area (Å²) in [4.78, 5) is 16.4. The van der Waals surface area contributed by atoms with Gasteiger partial charge in [0.05, 0.1) is 6.04 Å². The van der Waals surface area contributed by atoms with Crippen molar-refractivity contribution in [3.05, 3.63) is 0 Å². The molecule has 1 heterocycles. The van der Waals surface area contributed by atoms with E-state index in [1.807, 2.05) is 13.8 Å². The summed E-state index contributed by atoms with van der Waals surface area (Å²) in [6.45, 7) is 14.0. The van der Waals surface area contributed by atoms with Crippen LogP contribution in [0.2, 0.25) is 0 Å². The number of rotatable bonds is 8. The highest BCUT2D eigenvalue weighted by Gasteiger charge is 2.22. The Kier molecular flexibility index (Phi) is 7.48. The highest BCUT2D eigenvalue weighted by atomic mass is 16.1.